The normalized spacial score (nSPS) is 11.5. The molecule has 124 valence electrons. The predicted octanol–water partition coefficient (Wildman–Crippen LogP) is 3.94. The van der Waals surface area contributed by atoms with E-state index in [0.29, 0.717) is 22.0 Å². The first-order valence-electron chi connectivity index (χ1n) is 7.28. The van der Waals surface area contributed by atoms with Crippen molar-refractivity contribution in [3.8, 4) is 5.69 Å². The van der Waals surface area contributed by atoms with Crippen LogP contribution >= 0.6 is 11.6 Å². The fraction of sp³-hybridized carbons (Fsp3) is 0.118. The van der Waals surface area contributed by atoms with Crippen LogP contribution in [0.25, 0.3) is 5.69 Å². The number of sulfonamides is 1. The predicted molar refractivity (Wildman–Crippen MR) is 95.3 cm³/mol. The van der Waals surface area contributed by atoms with E-state index >= 15 is 0 Å². The third-order valence-electron chi connectivity index (χ3n) is 3.68. The number of aromatic nitrogens is 2. The molecule has 7 heteroatoms. The molecule has 0 aliphatic heterocycles. The number of benzene rings is 2. The van der Waals surface area contributed by atoms with E-state index in [1.165, 1.54) is 6.20 Å². The molecule has 0 bridgehead atoms. The Balaban J connectivity index is 1.99. The maximum absolute atomic E-state index is 12.7. The first kappa shape index (κ1) is 16.5. The molecule has 1 heterocycles. The minimum atomic E-state index is -3.76. The summed E-state index contributed by atoms with van der Waals surface area (Å²) in [6.45, 7) is 3.43. The first-order chi connectivity index (χ1) is 11.4. The highest BCUT2D eigenvalue weighted by Gasteiger charge is 2.22. The Morgan fingerprint density at radius 1 is 1.04 bits per heavy atom. The second-order valence-corrected chi connectivity index (χ2v) is 7.43. The smallest absolute Gasteiger partial charge is 0.265 e. The molecule has 0 aliphatic rings. The maximum atomic E-state index is 12.7. The lowest BCUT2D eigenvalue weighted by atomic mass is 10.2. The van der Waals surface area contributed by atoms with Crippen LogP contribution in [0, 0.1) is 13.8 Å². The van der Waals surface area contributed by atoms with Crippen molar-refractivity contribution in [1.29, 1.82) is 0 Å². The molecule has 0 radical (unpaired) electrons. The Morgan fingerprint density at radius 2 is 1.75 bits per heavy atom. The standard InChI is InChI=1S/C17H16ClN3O2S/c1-12-15(18)9-6-10-16(12)20-24(22,23)17-11-21(19-13(17)2)14-7-4-3-5-8-14/h3-11,20H,1-2H3. The molecule has 0 saturated heterocycles. The van der Waals surface area contributed by atoms with Crippen LogP contribution in [0.1, 0.15) is 11.3 Å². The number of nitrogens with zero attached hydrogens (tertiary/aromatic N) is 2. The number of rotatable bonds is 4. The topological polar surface area (TPSA) is 64.0 Å². The lowest BCUT2D eigenvalue weighted by Crippen LogP contribution is -2.14. The maximum Gasteiger partial charge on any atom is 0.265 e. The molecule has 0 amide bonds. The molecule has 2 aromatic carbocycles. The highest BCUT2D eigenvalue weighted by molar-refractivity contribution is 7.92. The zero-order valence-electron chi connectivity index (χ0n) is 13.2. The van der Waals surface area contributed by atoms with Gasteiger partial charge in [-0.2, -0.15) is 5.10 Å². The molecule has 5 nitrogen and oxygen atoms in total. The van der Waals surface area contributed by atoms with E-state index in [9.17, 15) is 8.42 Å². The van der Waals surface area contributed by atoms with Gasteiger partial charge in [-0.25, -0.2) is 13.1 Å². The number of hydrogen-bond acceptors (Lipinski definition) is 3. The van der Waals surface area contributed by atoms with E-state index in [4.69, 9.17) is 11.6 Å². The number of nitrogens with one attached hydrogen (secondary N) is 1. The molecule has 3 rings (SSSR count). The van der Waals surface area contributed by atoms with E-state index in [-0.39, 0.29) is 4.90 Å². The van der Waals surface area contributed by atoms with E-state index in [1.807, 2.05) is 30.3 Å². The molecule has 1 aromatic heterocycles. The van der Waals surface area contributed by atoms with Gasteiger partial charge < -0.3 is 0 Å². The second-order valence-electron chi connectivity index (χ2n) is 5.38. The van der Waals surface area contributed by atoms with Crippen molar-refractivity contribution < 1.29 is 8.42 Å². The zero-order valence-corrected chi connectivity index (χ0v) is 14.8. The van der Waals surface area contributed by atoms with Gasteiger partial charge in [0.1, 0.15) is 4.90 Å². The van der Waals surface area contributed by atoms with Crippen molar-refractivity contribution in [3.63, 3.8) is 0 Å². The molecule has 0 saturated carbocycles. The van der Waals surface area contributed by atoms with Crippen molar-refractivity contribution in [3.05, 3.63) is 71.0 Å². The molecule has 0 spiro atoms. The van der Waals surface area contributed by atoms with Gasteiger partial charge in [0.25, 0.3) is 10.0 Å². The lowest BCUT2D eigenvalue weighted by molar-refractivity contribution is 0.600. The molecule has 0 atom stereocenters. The fourth-order valence-corrected chi connectivity index (χ4v) is 3.80. The highest BCUT2D eigenvalue weighted by Crippen LogP contribution is 2.26. The summed E-state index contributed by atoms with van der Waals surface area (Å²) >= 11 is 6.05. The molecular formula is C17H16ClN3O2S. The Morgan fingerprint density at radius 3 is 2.46 bits per heavy atom. The number of para-hydroxylation sites is 1. The van der Waals surface area contributed by atoms with Crippen LogP contribution in [0.15, 0.2) is 59.6 Å². The fourth-order valence-electron chi connectivity index (χ4n) is 2.34. The van der Waals surface area contributed by atoms with E-state index < -0.39 is 10.0 Å². The van der Waals surface area contributed by atoms with Crippen LogP contribution in [0.4, 0.5) is 5.69 Å². The van der Waals surface area contributed by atoms with Gasteiger partial charge in [-0.05, 0) is 43.7 Å². The Labute approximate surface area is 145 Å². The third-order valence-corrected chi connectivity index (χ3v) is 5.55. The minimum absolute atomic E-state index is 0.130. The van der Waals surface area contributed by atoms with Gasteiger partial charge in [0.15, 0.2) is 0 Å². The summed E-state index contributed by atoms with van der Waals surface area (Å²) in [7, 11) is -3.76. The average molecular weight is 362 g/mol. The largest absolute Gasteiger partial charge is 0.279 e. The summed E-state index contributed by atoms with van der Waals surface area (Å²) in [6, 6.07) is 14.4. The van der Waals surface area contributed by atoms with Gasteiger partial charge in [-0.1, -0.05) is 35.9 Å². The monoisotopic (exact) mass is 361 g/mol. The number of halogens is 1. The first-order valence-corrected chi connectivity index (χ1v) is 9.14. The van der Waals surface area contributed by atoms with Crippen molar-refractivity contribution in [2.24, 2.45) is 0 Å². The van der Waals surface area contributed by atoms with Crippen molar-refractivity contribution in [2.75, 3.05) is 4.72 Å². The zero-order chi connectivity index (χ0) is 17.3. The van der Waals surface area contributed by atoms with Gasteiger partial charge in [0, 0.05) is 5.02 Å². The van der Waals surface area contributed by atoms with Crippen molar-refractivity contribution in [2.45, 2.75) is 18.7 Å². The molecular weight excluding hydrogens is 346 g/mol. The Kier molecular flexibility index (Phi) is 4.34. The lowest BCUT2D eigenvalue weighted by Gasteiger charge is -2.10. The molecule has 3 aromatic rings. The summed E-state index contributed by atoms with van der Waals surface area (Å²) < 4.78 is 29.6. The third kappa shape index (κ3) is 3.16. The molecule has 1 N–H and O–H groups in total. The minimum Gasteiger partial charge on any atom is -0.279 e. The van der Waals surface area contributed by atoms with Gasteiger partial charge in [0.2, 0.25) is 0 Å². The van der Waals surface area contributed by atoms with E-state index in [0.717, 1.165) is 5.69 Å². The van der Waals surface area contributed by atoms with E-state index in [1.54, 1.807) is 36.7 Å². The van der Waals surface area contributed by atoms with Gasteiger partial charge in [-0.15, -0.1) is 0 Å². The van der Waals surface area contributed by atoms with Gasteiger partial charge in [-0.3, -0.25) is 4.72 Å². The summed E-state index contributed by atoms with van der Waals surface area (Å²) in [5, 5.41) is 4.81. The van der Waals surface area contributed by atoms with Crippen molar-refractivity contribution in [1.82, 2.24) is 9.78 Å². The number of aryl methyl sites for hydroxylation is 1. The van der Waals surface area contributed by atoms with Crippen LogP contribution in [0.2, 0.25) is 5.02 Å². The van der Waals surface area contributed by atoms with Crippen LogP contribution in [-0.4, -0.2) is 18.2 Å². The Bertz CT molecular complexity index is 982. The Hall–Kier alpha value is -2.31. The SMILES string of the molecule is Cc1nn(-c2ccccc2)cc1S(=O)(=O)Nc1cccc(Cl)c1C. The summed E-state index contributed by atoms with van der Waals surface area (Å²) in [6.07, 6.45) is 1.51. The summed E-state index contributed by atoms with van der Waals surface area (Å²) in [4.78, 5) is 0.130. The quantitative estimate of drug-likeness (QED) is 0.765. The molecule has 0 aliphatic carbocycles. The average Bonchev–Trinajstić information content (AvgIpc) is 2.95. The molecule has 24 heavy (non-hydrogen) atoms. The number of hydrogen-bond donors (Lipinski definition) is 1. The van der Waals surface area contributed by atoms with Crippen molar-refractivity contribution >= 4 is 27.3 Å². The van der Waals surface area contributed by atoms with Crippen LogP contribution in [0.5, 0.6) is 0 Å². The summed E-state index contributed by atoms with van der Waals surface area (Å²) in [5.41, 5.74) is 2.34. The van der Waals surface area contributed by atoms with Crippen LogP contribution in [0.3, 0.4) is 0 Å². The van der Waals surface area contributed by atoms with Gasteiger partial charge >= 0.3 is 0 Å². The van der Waals surface area contributed by atoms with Crippen LogP contribution < -0.4 is 4.72 Å². The van der Waals surface area contributed by atoms with Crippen LogP contribution in [-0.2, 0) is 10.0 Å². The summed E-state index contributed by atoms with van der Waals surface area (Å²) in [5.74, 6) is 0. The molecule has 0 fully saturated rings. The highest BCUT2D eigenvalue weighted by atomic mass is 35.5. The number of anilines is 1. The van der Waals surface area contributed by atoms with E-state index in [2.05, 4.69) is 9.82 Å². The van der Waals surface area contributed by atoms with Gasteiger partial charge in [0.05, 0.1) is 23.3 Å². The second kappa shape index (κ2) is 6.30. The molecule has 0 unspecified atom stereocenters.